The first-order chi connectivity index (χ1) is 10.3. The number of hydrogen-bond donors (Lipinski definition) is 0. The Morgan fingerprint density at radius 1 is 0.545 bits per heavy atom. The Morgan fingerprint density at radius 2 is 0.773 bits per heavy atom. The van der Waals surface area contributed by atoms with Crippen molar-refractivity contribution in [2.45, 2.75) is 96.8 Å². The van der Waals surface area contributed by atoms with Crippen LogP contribution in [0.1, 0.15) is 79.1 Å². The van der Waals surface area contributed by atoms with E-state index in [1.165, 1.54) is 0 Å². The Hall–Kier alpha value is 2.10. The van der Waals surface area contributed by atoms with E-state index in [9.17, 15) is 0 Å². The zero-order valence-electron chi connectivity index (χ0n) is 15.1. The zero-order chi connectivity index (χ0) is 16.8. The average molecular weight is 569 g/mol. The van der Waals surface area contributed by atoms with Gasteiger partial charge in [-0.15, -0.1) is 0 Å². The van der Waals surface area contributed by atoms with Crippen LogP contribution in [0.5, 0.6) is 0 Å². The van der Waals surface area contributed by atoms with Gasteiger partial charge in [0.05, 0.1) is 0 Å². The van der Waals surface area contributed by atoms with Crippen LogP contribution in [0.25, 0.3) is 0 Å². The second-order valence-electron chi connectivity index (χ2n) is 7.28. The summed E-state index contributed by atoms with van der Waals surface area (Å²) in [6, 6.07) is 0. The summed E-state index contributed by atoms with van der Waals surface area (Å²) < 4.78 is 17.5. The first-order valence-electron chi connectivity index (χ1n) is 9.44. The van der Waals surface area contributed by atoms with Gasteiger partial charge in [-0.1, -0.05) is 0 Å². The van der Waals surface area contributed by atoms with Gasteiger partial charge in [0.1, 0.15) is 0 Å². The number of rotatable bonds is 12. The van der Waals surface area contributed by atoms with Gasteiger partial charge >= 0.3 is 151 Å². The fourth-order valence-electron chi connectivity index (χ4n) is 3.71. The Morgan fingerprint density at radius 3 is 0.955 bits per heavy atom. The Labute approximate surface area is 149 Å². The van der Waals surface area contributed by atoms with Crippen LogP contribution in [-0.2, 0) is 2.82 Å². The van der Waals surface area contributed by atoms with Crippen molar-refractivity contribution < 1.29 is 2.82 Å². The summed E-state index contributed by atoms with van der Waals surface area (Å²) in [5.74, 6) is 0. The van der Waals surface area contributed by atoms with Crippen LogP contribution >= 0.6 is 17.8 Å². The number of hydrogen-bond acceptors (Lipinski definition) is 2. The topological polar surface area (TPSA) is 18.5 Å². The molecular weight excluding hydrogens is 533 g/mol. The number of halogens is 2. The van der Waals surface area contributed by atoms with Gasteiger partial charge in [0.25, 0.3) is 0 Å². The van der Waals surface area contributed by atoms with Gasteiger partial charge in [-0.05, 0) is 0 Å². The monoisotopic (exact) mass is 570 g/mol. The molecule has 0 bridgehead atoms. The van der Waals surface area contributed by atoms with Crippen molar-refractivity contribution in [2.75, 3.05) is 0 Å². The molecule has 1 rings (SSSR count). The van der Waals surface area contributed by atoms with E-state index in [0.29, 0.717) is 0 Å². The summed E-state index contributed by atoms with van der Waals surface area (Å²) in [7, 11) is 14.4. The van der Waals surface area contributed by atoms with Crippen molar-refractivity contribution in [3.05, 3.63) is 0 Å². The molecule has 1 aliphatic rings. The van der Waals surface area contributed by atoms with Crippen molar-refractivity contribution >= 4 is 51.2 Å². The molecule has 1 fully saturated rings. The van der Waals surface area contributed by atoms with Gasteiger partial charge in [-0.3, -0.25) is 0 Å². The number of unbranched alkanes of at least 4 members (excludes halogenated alkanes) is 4. The fourth-order valence-corrected chi connectivity index (χ4v) is 118. The summed E-state index contributed by atoms with van der Waals surface area (Å²) in [6.07, 6.45) is 9.03. The fraction of sp³-hybridized carbons (Fsp3) is 1.00. The molecular formula is C16H36Cl2O2Sn2-2. The molecule has 136 valence electrons. The molecule has 1 aliphatic heterocycles. The molecule has 0 saturated carbocycles. The zero-order valence-corrected chi connectivity index (χ0v) is 22.3. The van der Waals surface area contributed by atoms with Crippen LogP contribution < -0.4 is 0 Å². The molecule has 2 nitrogen and oxygen atoms in total. The Kier molecular flexibility index (Phi) is 8.71. The molecule has 0 atom stereocenters. The molecule has 6 heteroatoms. The van der Waals surface area contributed by atoms with Crippen LogP contribution in [0.3, 0.4) is 0 Å². The van der Waals surface area contributed by atoms with E-state index in [2.05, 4.69) is 27.7 Å². The maximum absolute atomic E-state index is 7.19. The van der Waals surface area contributed by atoms with Crippen LogP contribution in [-0.4, -0.2) is 33.4 Å². The molecule has 0 N–H and O–H groups in total. The predicted molar refractivity (Wildman–Crippen MR) is 104 cm³/mol. The van der Waals surface area contributed by atoms with Crippen LogP contribution in [0.4, 0.5) is 0 Å². The molecule has 0 amide bonds. The normalized spacial score (nSPS) is 27.7. The van der Waals surface area contributed by atoms with Crippen LogP contribution in [0, 0.1) is 0 Å². The van der Waals surface area contributed by atoms with Crippen molar-refractivity contribution in [3.8, 4) is 0 Å². The molecule has 0 radical (unpaired) electrons. The van der Waals surface area contributed by atoms with E-state index < -0.39 is 33.4 Å². The summed E-state index contributed by atoms with van der Waals surface area (Å²) in [5, 5.41) is 0. The van der Waals surface area contributed by atoms with Crippen molar-refractivity contribution in [2.24, 2.45) is 0 Å². The summed E-state index contributed by atoms with van der Waals surface area (Å²) in [5.41, 5.74) is 0. The van der Waals surface area contributed by atoms with Crippen molar-refractivity contribution in [1.29, 1.82) is 0 Å². The van der Waals surface area contributed by atoms with E-state index in [4.69, 9.17) is 20.7 Å². The molecule has 22 heavy (non-hydrogen) atoms. The molecule has 0 aliphatic carbocycles. The minimum atomic E-state index is -3.94. The SMILES string of the molecule is CCC[CH2][Sn-]1([Cl])([CH2]CCC)[O][Sn-]([Cl])([CH2]CCC)([CH2]CCC)[O]1. The van der Waals surface area contributed by atoms with Crippen molar-refractivity contribution in [3.63, 3.8) is 0 Å². The van der Waals surface area contributed by atoms with Gasteiger partial charge in [0.15, 0.2) is 0 Å². The third-order valence-corrected chi connectivity index (χ3v) is 78.3. The van der Waals surface area contributed by atoms with E-state index in [1.807, 2.05) is 0 Å². The van der Waals surface area contributed by atoms with E-state index in [1.54, 1.807) is 0 Å². The van der Waals surface area contributed by atoms with Crippen LogP contribution in [0.15, 0.2) is 0 Å². The molecule has 1 saturated heterocycles. The summed E-state index contributed by atoms with van der Waals surface area (Å²) >= 11 is -7.88. The predicted octanol–water partition coefficient (Wildman–Crippen LogP) is 7.50. The quantitative estimate of drug-likeness (QED) is 0.227. The van der Waals surface area contributed by atoms with E-state index in [0.717, 1.165) is 69.1 Å². The summed E-state index contributed by atoms with van der Waals surface area (Å²) in [4.78, 5) is 0. The molecule has 0 unspecified atom stereocenters. The Balaban J connectivity index is 2.91. The molecule has 1 heterocycles. The van der Waals surface area contributed by atoms with Gasteiger partial charge in [-0.25, -0.2) is 0 Å². The van der Waals surface area contributed by atoms with Gasteiger partial charge in [0.2, 0.25) is 0 Å². The van der Waals surface area contributed by atoms with E-state index >= 15 is 0 Å². The minimum absolute atomic E-state index is 0.966. The van der Waals surface area contributed by atoms with Gasteiger partial charge in [-0.2, -0.15) is 0 Å². The molecule has 0 spiro atoms. The van der Waals surface area contributed by atoms with Crippen LogP contribution in [0.2, 0.25) is 17.7 Å². The second kappa shape index (κ2) is 8.66. The Bertz CT molecular complexity index is 304. The standard InChI is InChI=1S/4C4H9.2ClH.2O.2Sn/c4*1-3-4-2;;;;;;/h4*1,3-4H2,2H3;2*1H;;;;/p-2. The second-order valence-corrected chi connectivity index (χ2v) is 48.5. The first-order valence-corrected chi connectivity index (χ1v) is 29.4. The first kappa shape index (κ1) is 22.1. The summed E-state index contributed by atoms with van der Waals surface area (Å²) in [6.45, 7) is 8.83. The third kappa shape index (κ3) is 5.55. The van der Waals surface area contributed by atoms with Crippen molar-refractivity contribution in [1.82, 2.24) is 0 Å². The molecule has 0 aromatic heterocycles. The van der Waals surface area contributed by atoms with E-state index in [-0.39, 0.29) is 0 Å². The van der Waals surface area contributed by atoms with Gasteiger partial charge < -0.3 is 0 Å². The molecule has 0 aromatic rings. The third-order valence-electron chi connectivity index (χ3n) is 4.92. The maximum atomic E-state index is 7.19. The molecule has 0 aromatic carbocycles. The van der Waals surface area contributed by atoms with Gasteiger partial charge in [0, 0.05) is 0 Å². The average Bonchev–Trinajstić information content (AvgIpc) is 2.46.